The van der Waals surface area contributed by atoms with E-state index in [1.54, 1.807) is 6.07 Å². The fourth-order valence-electron chi connectivity index (χ4n) is 1.63. The van der Waals surface area contributed by atoms with E-state index in [0.717, 1.165) is 5.56 Å². The first-order chi connectivity index (χ1) is 7.04. The maximum absolute atomic E-state index is 13.0. The number of carbonyl (C=O) groups is 1. The largest absolute Gasteiger partial charge is 0.496 e. The molecule has 1 unspecified atom stereocenters. The summed E-state index contributed by atoms with van der Waals surface area (Å²) in [5.41, 5.74) is 0.743. The topological polar surface area (TPSA) is 26.3 Å². The molecule has 0 aliphatic carbocycles. The number of Topliss-reactive ketones (excluding diaryl/α,β-unsaturated/α-hetero) is 1. The van der Waals surface area contributed by atoms with Gasteiger partial charge in [-0.1, -0.05) is 6.92 Å². The van der Waals surface area contributed by atoms with Gasteiger partial charge in [0.25, 0.3) is 0 Å². The van der Waals surface area contributed by atoms with E-state index >= 15 is 0 Å². The summed E-state index contributed by atoms with van der Waals surface area (Å²) in [5.74, 6) is 0.397. The summed E-state index contributed by atoms with van der Waals surface area (Å²) in [4.78, 5) is 11.0. The second-order valence-electron chi connectivity index (χ2n) is 3.69. The summed E-state index contributed by atoms with van der Waals surface area (Å²) in [6, 6.07) is 4.36. The zero-order valence-electron chi connectivity index (χ0n) is 9.21. The fourth-order valence-corrected chi connectivity index (χ4v) is 1.63. The Balaban J connectivity index is 2.99. The second kappa shape index (κ2) is 4.91. The van der Waals surface area contributed by atoms with Crippen LogP contribution in [0, 0.1) is 5.82 Å². The standard InChI is InChI=1S/C12H15FO2/c1-8(6-9(2)14)11-7-10(13)4-5-12(11)15-3/h4-5,7-8H,6H2,1-3H3. The molecule has 1 rings (SSSR count). The Labute approximate surface area is 89.1 Å². The van der Waals surface area contributed by atoms with Crippen LogP contribution in [0.2, 0.25) is 0 Å². The Morgan fingerprint density at radius 2 is 2.20 bits per heavy atom. The third-order valence-electron chi connectivity index (χ3n) is 2.32. The molecule has 0 aliphatic rings. The maximum Gasteiger partial charge on any atom is 0.130 e. The van der Waals surface area contributed by atoms with Crippen LogP contribution in [0.25, 0.3) is 0 Å². The minimum atomic E-state index is -0.304. The van der Waals surface area contributed by atoms with Gasteiger partial charge in [-0.2, -0.15) is 0 Å². The van der Waals surface area contributed by atoms with Gasteiger partial charge in [0.15, 0.2) is 0 Å². The predicted octanol–water partition coefficient (Wildman–Crippen LogP) is 2.92. The molecule has 1 atom stereocenters. The van der Waals surface area contributed by atoms with Crippen molar-refractivity contribution >= 4 is 5.78 Å². The van der Waals surface area contributed by atoms with Crippen molar-refractivity contribution in [3.8, 4) is 5.75 Å². The molecule has 0 bridgehead atoms. The van der Waals surface area contributed by atoms with Crippen molar-refractivity contribution in [3.63, 3.8) is 0 Å². The lowest BCUT2D eigenvalue weighted by molar-refractivity contribution is -0.117. The first-order valence-corrected chi connectivity index (χ1v) is 4.87. The molecule has 82 valence electrons. The van der Waals surface area contributed by atoms with E-state index in [9.17, 15) is 9.18 Å². The van der Waals surface area contributed by atoms with Gasteiger partial charge in [0, 0.05) is 12.0 Å². The fraction of sp³-hybridized carbons (Fsp3) is 0.417. The summed E-state index contributed by atoms with van der Waals surface area (Å²) in [6.07, 6.45) is 0.403. The van der Waals surface area contributed by atoms with Gasteiger partial charge in [-0.3, -0.25) is 0 Å². The summed E-state index contributed by atoms with van der Waals surface area (Å²) in [7, 11) is 1.54. The van der Waals surface area contributed by atoms with Crippen LogP contribution in [0.15, 0.2) is 18.2 Å². The van der Waals surface area contributed by atoms with Crippen LogP contribution in [0.3, 0.4) is 0 Å². The first kappa shape index (κ1) is 11.7. The molecule has 0 amide bonds. The van der Waals surface area contributed by atoms with Crippen LogP contribution < -0.4 is 4.74 Å². The zero-order valence-corrected chi connectivity index (χ0v) is 9.21. The van der Waals surface area contributed by atoms with Crippen LogP contribution in [0.5, 0.6) is 5.75 Å². The predicted molar refractivity (Wildman–Crippen MR) is 56.7 cm³/mol. The van der Waals surface area contributed by atoms with Gasteiger partial charge in [0.1, 0.15) is 17.3 Å². The molecular formula is C12H15FO2. The molecule has 0 spiro atoms. The maximum atomic E-state index is 13.0. The van der Waals surface area contributed by atoms with Crippen LogP contribution in [0.1, 0.15) is 31.7 Å². The number of carbonyl (C=O) groups excluding carboxylic acids is 1. The van der Waals surface area contributed by atoms with Gasteiger partial charge >= 0.3 is 0 Å². The Kier molecular flexibility index (Phi) is 3.83. The minimum Gasteiger partial charge on any atom is -0.496 e. The highest BCUT2D eigenvalue weighted by Crippen LogP contribution is 2.29. The molecular weight excluding hydrogens is 195 g/mol. The average molecular weight is 210 g/mol. The molecule has 15 heavy (non-hydrogen) atoms. The lowest BCUT2D eigenvalue weighted by atomic mass is 9.95. The van der Waals surface area contributed by atoms with E-state index in [4.69, 9.17) is 4.74 Å². The minimum absolute atomic E-state index is 0.0202. The number of ether oxygens (including phenoxy) is 1. The number of ketones is 1. The molecule has 0 heterocycles. The van der Waals surface area contributed by atoms with Gasteiger partial charge in [-0.05, 0) is 31.0 Å². The van der Waals surface area contributed by atoms with E-state index in [1.807, 2.05) is 6.92 Å². The molecule has 0 aromatic heterocycles. The molecule has 0 saturated heterocycles. The average Bonchev–Trinajstić information content (AvgIpc) is 2.16. The van der Waals surface area contributed by atoms with E-state index in [0.29, 0.717) is 12.2 Å². The Morgan fingerprint density at radius 3 is 2.73 bits per heavy atom. The van der Waals surface area contributed by atoms with Crippen molar-refractivity contribution in [2.45, 2.75) is 26.2 Å². The summed E-state index contributed by atoms with van der Waals surface area (Å²) in [6.45, 7) is 3.42. The third kappa shape index (κ3) is 3.05. The van der Waals surface area contributed by atoms with Crippen LogP contribution in [-0.4, -0.2) is 12.9 Å². The molecule has 2 nitrogen and oxygen atoms in total. The summed E-state index contributed by atoms with van der Waals surface area (Å²) < 4.78 is 18.2. The van der Waals surface area contributed by atoms with Gasteiger partial charge in [-0.25, -0.2) is 4.39 Å². The van der Waals surface area contributed by atoms with Crippen LogP contribution >= 0.6 is 0 Å². The zero-order chi connectivity index (χ0) is 11.4. The Morgan fingerprint density at radius 1 is 1.53 bits per heavy atom. The molecule has 3 heteroatoms. The third-order valence-corrected chi connectivity index (χ3v) is 2.32. The lowest BCUT2D eigenvalue weighted by Crippen LogP contribution is -2.03. The van der Waals surface area contributed by atoms with Crippen molar-refractivity contribution < 1.29 is 13.9 Å². The normalized spacial score (nSPS) is 12.3. The Hall–Kier alpha value is -1.38. The highest BCUT2D eigenvalue weighted by Gasteiger charge is 2.14. The number of rotatable bonds is 4. The summed E-state index contributed by atoms with van der Waals surface area (Å²) >= 11 is 0. The highest BCUT2D eigenvalue weighted by molar-refractivity contribution is 5.76. The van der Waals surface area contributed by atoms with E-state index < -0.39 is 0 Å². The van der Waals surface area contributed by atoms with Gasteiger partial charge in [0.05, 0.1) is 7.11 Å². The first-order valence-electron chi connectivity index (χ1n) is 4.87. The monoisotopic (exact) mass is 210 g/mol. The molecule has 1 aromatic carbocycles. The summed E-state index contributed by atoms with van der Waals surface area (Å²) in [5, 5.41) is 0. The van der Waals surface area contributed by atoms with Crippen LogP contribution in [0.4, 0.5) is 4.39 Å². The molecule has 0 saturated carbocycles. The number of methoxy groups -OCH3 is 1. The van der Waals surface area contributed by atoms with E-state index in [-0.39, 0.29) is 17.5 Å². The molecule has 0 N–H and O–H groups in total. The molecule has 1 aromatic rings. The lowest BCUT2D eigenvalue weighted by Gasteiger charge is -2.14. The van der Waals surface area contributed by atoms with Crippen molar-refractivity contribution in [1.82, 2.24) is 0 Å². The SMILES string of the molecule is COc1ccc(F)cc1C(C)CC(C)=O. The number of hydrogen-bond acceptors (Lipinski definition) is 2. The number of benzene rings is 1. The van der Waals surface area contributed by atoms with Crippen molar-refractivity contribution in [3.05, 3.63) is 29.6 Å². The van der Waals surface area contributed by atoms with Crippen LogP contribution in [-0.2, 0) is 4.79 Å². The van der Waals surface area contributed by atoms with Gasteiger partial charge < -0.3 is 9.53 Å². The van der Waals surface area contributed by atoms with Crippen molar-refractivity contribution in [1.29, 1.82) is 0 Å². The van der Waals surface area contributed by atoms with E-state index in [2.05, 4.69) is 0 Å². The Bertz CT molecular complexity index is 361. The van der Waals surface area contributed by atoms with Gasteiger partial charge in [-0.15, -0.1) is 0 Å². The van der Waals surface area contributed by atoms with E-state index in [1.165, 1.54) is 26.2 Å². The molecule has 0 radical (unpaired) electrons. The van der Waals surface area contributed by atoms with Crippen molar-refractivity contribution in [2.75, 3.05) is 7.11 Å². The molecule has 0 aliphatic heterocycles. The number of hydrogen-bond donors (Lipinski definition) is 0. The number of halogens is 1. The smallest absolute Gasteiger partial charge is 0.130 e. The molecule has 0 fully saturated rings. The quantitative estimate of drug-likeness (QED) is 0.763. The highest BCUT2D eigenvalue weighted by atomic mass is 19.1. The van der Waals surface area contributed by atoms with Crippen molar-refractivity contribution in [2.24, 2.45) is 0 Å². The van der Waals surface area contributed by atoms with Gasteiger partial charge in [0.2, 0.25) is 0 Å². The second-order valence-corrected chi connectivity index (χ2v) is 3.69.